The monoisotopic (exact) mass is 368 g/mol. The van der Waals surface area contributed by atoms with Gasteiger partial charge in [0.15, 0.2) is 6.61 Å². The third-order valence-electron chi connectivity index (χ3n) is 3.28. The van der Waals surface area contributed by atoms with E-state index >= 15 is 0 Å². The molecule has 26 heavy (non-hydrogen) atoms. The van der Waals surface area contributed by atoms with Crippen LogP contribution in [-0.4, -0.2) is 55.2 Å². The molecule has 146 valence electrons. The highest BCUT2D eigenvalue weighted by atomic mass is 16.8. The highest BCUT2D eigenvalue weighted by molar-refractivity contribution is 5.81. The van der Waals surface area contributed by atoms with Crippen molar-refractivity contribution in [3.63, 3.8) is 0 Å². The summed E-state index contributed by atoms with van der Waals surface area (Å²) in [4.78, 5) is 11.6. The largest absolute Gasteiger partial charge is 0.428 e. The predicted molar refractivity (Wildman–Crippen MR) is 95.7 cm³/mol. The molecular formula is C19H28O7. The molecule has 0 radical (unpaired) electrons. The van der Waals surface area contributed by atoms with Gasteiger partial charge in [-0.05, 0) is 17.0 Å². The minimum atomic E-state index is -2.32. The smallest absolute Gasteiger partial charge is 0.396 e. The number of hydrogen-bond donors (Lipinski definition) is 2. The van der Waals surface area contributed by atoms with E-state index in [1.165, 1.54) is 0 Å². The fourth-order valence-corrected chi connectivity index (χ4v) is 2.11. The minimum Gasteiger partial charge on any atom is -0.428 e. The summed E-state index contributed by atoms with van der Waals surface area (Å²) < 4.78 is 20.9. The van der Waals surface area contributed by atoms with Crippen LogP contribution in [0.15, 0.2) is 36.9 Å². The normalized spacial score (nSPS) is 13.7. The Kier molecular flexibility index (Phi) is 8.74. The Bertz CT molecular complexity index is 579. The number of hydrogen-bond acceptors (Lipinski definition) is 7. The molecule has 0 bridgehead atoms. The SMILES string of the molecule is C=CC(=O)OC(O)(COCCOCCO)Oc1ccccc1C(C)(C)C. The van der Waals surface area contributed by atoms with Crippen molar-refractivity contribution in [2.45, 2.75) is 32.2 Å². The van der Waals surface area contributed by atoms with Crippen molar-refractivity contribution in [2.75, 3.05) is 33.0 Å². The number of carbonyl (C=O) groups is 1. The average molecular weight is 368 g/mol. The van der Waals surface area contributed by atoms with Gasteiger partial charge in [0.1, 0.15) is 5.75 Å². The van der Waals surface area contributed by atoms with E-state index in [4.69, 9.17) is 24.1 Å². The van der Waals surface area contributed by atoms with E-state index < -0.39 is 18.5 Å². The highest BCUT2D eigenvalue weighted by Gasteiger charge is 2.36. The van der Waals surface area contributed by atoms with Gasteiger partial charge in [-0.1, -0.05) is 45.5 Å². The van der Waals surface area contributed by atoms with Crippen molar-refractivity contribution < 1.29 is 34.0 Å². The molecular weight excluding hydrogens is 340 g/mol. The third kappa shape index (κ3) is 7.53. The maximum absolute atomic E-state index is 11.6. The first-order chi connectivity index (χ1) is 12.2. The van der Waals surface area contributed by atoms with Crippen LogP contribution in [0.25, 0.3) is 0 Å². The Hall–Kier alpha value is -1.93. The van der Waals surface area contributed by atoms with E-state index in [0.717, 1.165) is 11.6 Å². The fraction of sp³-hybridized carbons (Fsp3) is 0.526. The van der Waals surface area contributed by atoms with Crippen molar-refractivity contribution in [3.05, 3.63) is 42.5 Å². The van der Waals surface area contributed by atoms with Crippen molar-refractivity contribution in [1.29, 1.82) is 0 Å². The Morgan fingerprint density at radius 3 is 2.42 bits per heavy atom. The van der Waals surface area contributed by atoms with Crippen LogP contribution in [0.1, 0.15) is 26.3 Å². The van der Waals surface area contributed by atoms with Gasteiger partial charge in [-0.25, -0.2) is 4.79 Å². The quantitative estimate of drug-likeness (QED) is 0.266. The third-order valence-corrected chi connectivity index (χ3v) is 3.28. The van der Waals surface area contributed by atoms with Gasteiger partial charge in [0.25, 0.3) is 0 Å². The molecule has 1 aromatic carbocycles. The summed E-state index contributed by atoms with van der Waals surface area (Å²) in [6.45, 7) is 9.32. The van der Waals surface area contributed by atoms with Gasteiger partial charge in [-0.3, -0.25) is 0 Å². The molecule has 0 aliphatic rings. The first-order valence-electron chi connectivity index (χ1n) is 8.34. The molecule has 1 unspecified atom stereocenters. The zero-order valence-electron chi connectivity index (χ0n) is 15.6. The summed E-state index contributed by atoms with van der Waals surface area (Å²) in [5.41, 5.74) is 0.582. The lowest BCUT2D eigenvalue weighted by Gasteiger charge is -2.30. The lowest BCUT2D eigenvalue weighted by molar-refractivity contribution is -0.319. The van der Waals surface area contributed by atoms with Gasteiger partial charge in [0.2, 0.25) is 0 Å². The zero-order valence-corrected chi connectivity index (χ0v) is 15.6. The minimum absolute atomic E-state index is 0.0897. The number of ether oxygens (including phenoxy) is 4. The first-order valence-corrected chi connectivity index (χ1v) is 8.34. The maximum atomic E-state index is 11.6. The summed E-state index contributed by atoms with van der Waals surface area (Å²) in [6, 6.07) is 7.16. The van der Waals surface area contributed by atoms with Gasteiger partial charge >= 0.3 is 11.9 Å². The second kappa shape index (κ2) is 10.3. The van der Waals surface area contributed by atoms with Crippen LogP contribution in [0.2, 0.25) is 0 Å². The van der Waals surface area contributed by atoms with Crippen LogP contribution in [0, 0.1) is 0 Å². The van der Waals surface area contributed by atoms with Crippen LogP contribution in [0.5, 0.6) is 5.75 Å². The zero-order chi connectivity index (χ0) is 19.6. The van der Waals surface area contributed by atoms with Crippen LogP contribution < -0.4 is 4.74 Å². The number of esters is 1. The number of rotatable bonds is 11. The average Bonchev–Trinajstić information content (AvgIpc) is 2.57. The number of carbonyl (C=O) groups excluding carboxylic acids is 1. The van der Waals surface area contributed by atoms with Gasteiger partial charge in [0, 0.05) is 6.08 Å². The molecule has 1 atom stereocenters. The van der Waals surface area contributed by atoms with Crippen LogP contribution in [-0.2, 0) is 24.4 Å². The molecule has 7 nitrogen and oxygen atoms in total. The van der Waals surface area contributed by atoms with E-state index in [0.29, 0.717) is 5.75 Å². The molecule has 0 saturated heterocycles. The molecule has 0 spiro atoms. The van der Waals surface area contributed by atoms with E-state index in [9.17, 15) is 9.90 Å². The van der Waals surface area contributed by atoms with Crippen molar-refractivity contribution >= 4 is 5.97 Å². The second-order valence-corrected chi connectivity index (χ2v) is 6.57. The Morgan fingerprint density at radius 1 is 1.15 bits per heavy atom. The van der Waals surface area contributed by atoms with E-state index in [2.05, 4.69) is 6.58 Å². The molecule has 0 saturated carbocycles. The summed E-state index contributed by atoms with van der Waals surface area (Å²) in [5, 5.41) is 19.3. The summed E-state index contributed by atoms with van der Waals surface area (Å²) in [5.74, 6) is -2.79. The molecule has 2 N–H and O–H groups in total. The Morgan fingerprint density at radius 2 is 1.81 bits per heavy atom. The van der Waals surface area contributed by atoms with Crippen LogP contribution in [0.3, 0.4) is 0 Å². The van der Waals surface area contributed by atoms with Gasteiger partial charge < -0.3 is 29.2 Å². The van der Waals surface area contributed by atoms with Crippen LogP contribution in [0.4, 0.5) is 0 Å². The van der Waals surface area contributed by atoms with E-state index in [-0.39, 0.29) is 31.8 Å². The van der Waals surface area contributed by atoms with Crippen molar-refractivity contribution in [2.24, 2.45) is 0 Å². The molecule has 1 aromatic rings. The van der Waals surface area contributed by atoms with Crippen molar-refractivity contribution in [1.82, 2.24) is 0 Å². The number of para-hydroxylation sites is 1. The highest BCUT2D eigenvalue weighted by Crippen LogP contribution is 2.33. The first kappa shape index (κ1) is 22.1. The summed E-state index contributed by atoms with van der Waals surface area (Å²) in [7, 11) is 0. The Balaban J connectivity index is 2.86. The number of aliphatic hydroxyl groups is 2. The molecule has 0 heterocycles. The predicted octanol–water partition coefficient (Wildman–Crippen LogP) is 1.76. The summed E-state index contributed by atoms with van der Waals surface area (Å²) in [6.07, 6.45) is 0.925. The molecule has 1 rings (SSSR count). The standard InChI is InChI=1S/C19H28O7/c1-5-17(21)26-19(22,14-24-13-12-23-11-10-20)25-16-9-7-6-8-15(16)18(2,3)4/h5-9,20,22H,1,10-14H2,2-4H3. The van der Waals surface area contributed by atoms with E-state index in [1.54, 1.807) is 12.1 Å². The number of benzene rings is 1. The Labute approximate surface area is 154 Å². The number of aliphatic hydroxyl groups excluding tert-OH is 1. The van der Waals surface area contributed by atoms with Gasteiger partial charge in [-0.15, -0.1) is 0 Å². The molecule has 7 heteroatoms. The second-order valence-electron chi connectivity index (χ2n) is 6.57. The molecule has 0 aliphatic carbocycles. The lowest BCUT2D eigenvalue weighted by Crippen LogP contribution is -2.46. The van der Waals surface area contributed by atoms with Gasteiger partial charge in [0.05, 0.1) is 26.4 Å². The van der Waals surface area contributed by atoms with Crippen molar-refractivity contribution in [3.8, 4) is 5.75 Å². The molecule has 0 fully saturated rings. The van der Waals surface area contributed by atoms with Gasteiger partial charge in [-0.2, -0.15) is 0 Å². The lowest BCUT2D eigenvalue weighted by atomic mass is 9.86. The summed E-state index contributed by atoms with van der Waals surface area (Å²) >= 11 is 0. The molecule has 0 aromatic heterocycles. The van der Waals surface area contributed by atoms with Crippen LogP contribution >= 0.6 is 0 Å². The molecule has 0 aliphatic heterocycles. The maximum Gasteiger partial charge on any atom is 0.396 e. The molecule has 0 amide bonds. The fourth-order valence-electron chi connectivity index (χ4n) is 2.11. The topological polar surface area (TPSA) is 94.5 Å². The van der Waals surface area contributed by atoms with E-state index in [1.807, 2.05) is 32.9 Å².